The minimum absolute atomic E-state index is 0.0909. The number of nitrogens with zero attached hydrogens (tertiary/aromatic N) is 2. The van der Waals surface area contributed by atoms with E-state index in [0.717, 1.165) is 19.0 Å². The largest absolute Gasteiger partial charge is 0.314 e. The molecule has 2 bridgehead atoms. The second kappa shape index (κ2) is 5.24. The zero-order valence-corrected chi connectivity index (χ0v) is 10.7. The first-order valence-electron chi connectivity index (χ1n) is 6.94. The van der Waals surface area contributed by atoms with Gasteiger partial charge in [0.05, 0.1) is 0 Å². The predicted octanol–water partition coefficient (Wildman–Crippen LogP) is 0.532. The molecule has 4 nitrogen and oxygen atoms in total. The van der Waals surface area contributed by atoms with E-state index in [4.69, 9.17) is 0 Å². The Bertz CT molecular complexity index is 448. The molecule has 4 rings (SSSR count). The van der Waals surface area contributed by atoms with Crippen LogP contribution in [0, 0.1) is 5.92 Å². The maximum Gasteiger partial charge on any atom is 0.250 e. The Morgan fingerprint density at radius 2 is 2.11 bits per heavy atom. The average molecular weight is 247 g/mol. The van der Waals surface area contributed by atoms with Gasteiger partial charge in [-0.05, 0) is 37.9 Å². The SMILES string of the molecule is O=c1ccccn1CCNC1CN2CCC1CC2. The fourth-order valence-electron chi connectivity index (χ4n) is 3.21. The zero-order chi connectivity index (χ0) is 12.4. The van der Waals surface area contributed by atoms with Crippen LogP contribution in [-0.4, -0.2) is 41.7 Å². The lowest BCUT2D eigenvalue weighted by molar-refractivity contribution is 0.0725. The first kappa shape index (κ1) is 11.9. The lowest BCUT2D eigenvalue weighted by Gasteiger charge is -2.45. The lowest BCUT2D eigenvalue weighted by Crippen LogP contribution is -2.56. The summed E-state index contributed by atoms with van der Waals surface area (Å²) in [6.45, 7) is 5.40. The maximum absolute atomic E-state index is 11.6. The molecule has 1 unspecified atom stereocenters. The molecule has 98 valence electrons. The van der Waals surface area contributed by atoms with E-state index in [1.807, 2.05) is 12.3 Å². The van der Waals surface area contributed by atoms with Gasteiger partial charge in [-0.2, -0.15) is 0 Å². The van der Waals surface area contributed by atoms with E-state index in [0.29, 0.717) is 6.04 Å². The van der Waals surface area contributed by atoms with Gasteiger partial charge < -0.3 is 14.8 Å². The lowest BCUT2D eigenvalue weighted by atomic mass is 9.84. The first-order valence-corrected chi connectivity index (χ1v) is 6.94. The fraction of sp³-hybridized carbons (Fsp3) is 0.643. The van der Waals surface area contributed by atoms with Crippen molar-refractivity contribution in [3.05, 3.63) is 34.7 Å². The normalized spacial score (nSPS) is 30.6. The summed E-state index contributed by atoms with van der Waals surface area (Å²) in [7, 11) is 0. The highest BCUT2D eigenvalue weighted by atomic mass is 16.1. The van der Waals surface area contributed by atoms with Crippen LogP contribution in [-0.2, 0) is 6.54 Å². The molecule has 0 aromatic carbocycles. The number of hydrogen-bond donors (Lipinski definition) is 1. The van der Waals surface area contributed by atoms with Gasteiger partial charge in [-0.1, -0.05) is 6.07 Å². The summed E-state index contributed by atoms with van der Waals surface area (Å²) in [6.07, 6.45) is 4.53. The third-order valence-corrected chi connectivity index (χ3v) is 4.31. The smallest absolute Gasteiger partial charge is 0.250 e. The van der Waals surface area contributed by atoms with Crippen molar-refractivity contribution in [1.29, 1.82) is 0 Å². The van der Waals surface area contributed by atoms with Crippen LogP contribution in [0.2, 0.25) is 0 Å². The molecule has 4 heterocycles. The minimum atomic E-state index is 0.0909. The van der Waals surface area contributed by atoms with Gasteiger partial charge in [0.2, 0.25) is 0 Å². The molecule has 3 aliphatic rings. The van der Waals surface area contributed by atoms with Crippen molar-refractivity contribution in [3.63, 3.8) is 0 Å². The van der Waals surface area contributed by atoms with Crippen molar-refractivity contribution in [2.45, 2.75) is 25.4 Å². The second-order valence-corrected chi connectivity index (χ2v) is 5.43. The number of piperidine rings is 3. The number of aromatic nitrogens is 1. The fourth-order valence-corrected chi connectivity index (χ4v) is 3.21. The van der Waals surface area contributed by atoms with Gasteiger partial charge in [0, 0.05) is 37.9 Å². The third-order valence-electron chi connectivity index (χ3n) is 4.31. The van der Waals surface area contributed by atoms with Crippen LogP contribution >= 0.6 is 0 Å². The quantitative estimate of drug-likeness (QED) is 0.843. The molecule has 1 aromatic heterocycles. The predicted molar refractivity (Wildman–Crippen MR) is 71.7 cm³/mol. The molecule has 1 N–H and O–H groups in total. The molecule has 0 radical (unpaired) electrons. The third kappa shape index (κ3) is 2.49. The Kier molecular flexibility index (Phi) is 3.48. The van der Waals surface area contributed by atoms with E-state index >= 15 is 0 Å². The number of nitrogens with one attached hydrogen (secondary N) is 1. The molecule has 3 saturated heterocycles. The molecule has 1 aromatic rings. The van der Waals surface area contributed by atoms with Crippen molar-refractivity contribution in [2.75, 3.05) is 26.2 Å². The van der Waals surface area contributed by atoms with Crippen LogP contribution in [0.5, 0.6) is 0 Å². The van der Waals surface area contributed by atoms with Crippen molar-refractivity contribution < 1.29 is 0 Å². The summed E-state index contributed by atoms with van der Waals surface area (Å²) in [6, 6.07) is 5.95. The summed E-state index contributed by atoms with van der Waals surface area (Å²) in [5.74, 6) is 0.850. The molecule has 0 amide bonds. The molecular formula is C14H21N3O. The first-order chi connectivity index (χ1) is 8.83. The van der Waals surface area contributed by atoms with E-state index in [1.54, 1.807) is 16.7 Å². The van der Waals surface area contributed by atoms with Crippen molar-refractivity contribution in [2.24, 2.45) is 5.92 Å². The van der Waals surface area contributed by atoms with E-state index in [2.05, 4.69) is 10.2 Å². The molecule has 0 aliphatic carbocycles. The summed E-state index contributed by atoms with van der Waals surface area (Å²) in [5, 5.41) is 3.63. The second-order valence-electron chi connectivity index (χ2n) is 5.43. The molecule has 0 spiro atoms. The Hall–Kier alpha value is -1.13. The molecule has 1 atom stereocenters. The number of hydrogen-bond acceptors (Lipinski definition) is 3. The molecule has 4 heteroatoms. The van der Waals surface area contributed by atoms with Gasteiger partial charge in [-0.25, -0.2) is 0 Å². The van der Waals surface area contributed by atoms with E-state index in [1.165, 1.54) is 32.5 Å². The van der Waals surface area contributed by atoms with Crippen molar-refractivity contribution in [1.82, 2.24) is 14.8 Å². The Balaban J connectivity index is 1.50. The average Bonchev–Trinajstić information content (AvgIpc) is 2.42. The Labute approximate surface area is 108 Å². The summed E-state index contributed by atoms with van der Waals surface area (Å²) >= 11 is 0. The van der Waals surface area contributed by atoms with Gasteiger partial charge in [0.15, 0.2) is 0 Å². The van der Waals surface area contributed by atoms with Crippen LogP contribution in [0.3, 0.4) is 0 Å². The Morgan fingerprint density at radius 1 is 1.28 bits per heavy atom. The standard InChI is InChI=1S/C14H21N3O/c18-14-3-1-2-7-17(14)10-6-15-13-11-16-8-4-12(13)5-9-16/h1-3,7,12-13,15H,4-6,8-11H2. The molecule has 3 fully saturated rings. The van der Waals surface area contributed by atoms with Crippen LogP contribution in [0.4, 0.5) is 0 Å². The summed E-state index contributed by atoms with van der Waals surface area (Å²) in [5.41, 5.74) is 0.0909. The van der Waals surface area contributed by atoms with Gasteiger partial charge >= 0.3 is 0 Å². The van der Waals surface area contributed by atoms with Gasteiger partial charge in [-0.15, -0.1) is 0 Å². The highest BCUT2D eigenvalue weighted by molar-refractivity contribution is 4.94. The van der Waals surface area contributed by atoms with Gasteiger partial charge in [0.25, 0.3) is 5.56 Å². The molecule has 18 heavy (non-hydrogen) atoms. The van der Waals surface area contributed by atoms with E-state index in [9.17, 15) is 4.79 Å². The van der Waals surface area contributed by atoms with Crippen LogP contribution < -0.4 is 10.9 Å². The highest BCUT2D eigenvalue weighted by Crippen LogP contribution is 2.27. The Morgan fingerprint density at radius 3 is 2.78 bits per heavy atom. The maximum atomic E-state index is 11.6. The number of fused-ring (bicyclic) bond motifs is 3. The minimum Gasteiger partial charge on any atom is -0.314 e. The molecule has 0 saturated carbocycles. The van der Waals surface area contributed by atoms with Crippen molar-refractivity contribution >= 4 is 0 Å². The van der Waals surface area contributed by atoms with Crippen LogP contribution in [0.1, 0.15) is 12.8 Å². The summed E-state index contributed by atoms with van der Waals surface area (Å²) in [4.78, 5) is 14.1. The van der Waals surface area contributed by atoms with Crippen LogP contribution in [0.25, 0.3) is 0 Å². The topological polar surface area (TPSA) is 37.3 Å². The van der Waals surface area contributed by atoms with Gasteiger partial charge in [0.1, 0.15) is 0 Å². The highest BCUT2D eigenvalue weighted by Gasteiger charge is 2.33. The number of pyridine rings is 1. The number of rotatable bonds is 4. The summed E-state index contributed by atoms with van der Waals surface area (Å²) < 4.78 is 1.77. The van der Waals surface area contributed by atoms with Crippen molar-refractivity contribution in [3.8, 4) is 0 Å². The van der Waals surface area contributed by atoms with E-state index in [-0.39, 0.29) is 5.56 Å². The van der Waals surface area contributed by atoms with Gasteiger partial charge in [-0.3, -0.25) is 4.79 Å². The van der Waals surface area contributed by atoms with E-state index < -0.39 is 0 Å². The zero-order valence-electron chi connectivity index (χ0n) is 10.7. The molecular weight excluding hydrogens is 226 g/mol. The van der Waals surface area contributed by atoms with Crippen LogP contribution in [0.15, 0.2) is 29.2 Å². The monoisotopic (exact) mass is 247 g/mol. The molecule has 3 aliphatic heterocycles.